The van der Waals surface area contributed by atoms with Crippen LogP contribution in [-0.4, -0.2) is 20.6 Å². The molecule has 102 valence electrons. The monoisotopic (exact) mass is 308 g/mol. The van der Waals surface area contributed by atoms with Crippen LogP contribution in [-0.2, 0) is 6.54 Å². The number of thiophene rings is 2. The van der Waals surface area contributed by atoms with Crippen molar-refractivity contribution in [1.82, 2.24) is 9.55 Å². The molecule has 0 saturated carbocycles. The van der Waals surface area contributed by atoms with Gasteiger partial charge in [-0.15, -0.1) is 22.7 Å². The van der Waals surface area contributed by atoms with Crippen molar-refractivity contribution in [1.29, 1.82) is 0 Å². The zero-order chi connectivity index (χ0) is 14.3. The lowest BCUT2D eigenvalue weighted by molar-refractivity contribution is 0.0701. The number of rotatable bonds is 3. The predicted molar refractivity (Wildman–Crippen MR) is 77.1 cm³/mol. The molecule has 3 aromatic rings. The molecule has 0 bridgehead atoms. The van der Waals surface area contributed by atoms with Gasteiger partial charge in [0, 0.05) is 0 Å². The highest BCUT2D eigenvalue weighted by Gasteiger charge is 2.15. The molecular formula is C12H8N2O4S2. The highest BCUT2D eigenvalue weighted by molar-refractivity contribution is 7.17. The van der Waals surface area contributed by atoms with Crippen LogP contribution >= 0.6 is 22.7 Å². The first-order chi connectivity index (χ1) is 9.58. The van der Waals surface area contributed by atoms with Crippen molar-refractivity contribution in [3.63, 3.8) is 0 Å². The molecule has 0 aromatic carbocycles. The van der Waals surface area contributed by atoms with Crippen LogP contribution in [0.1, 0.15) is 15.2 Å². The van der Waals surface area contributed by atoms with Crippen LogP contribution in [0.25, 0.3) is 10.2 Å². The SMILES string of the molecule is O=C(O)c1sccc1Cn1c(=O)[nH]c2ccsc2c1=O. The van der Waals surface area contributed by atoms with Crippen molar-refractivity contribution in [2.45, 2.75) is 6.54 Å². The molecule has 0 aliphatic carbocycles. The number of fused-ring (bicyclic) bond motifs is 1. The van der Waals surface area contributed by atoms with Gasteiger partial charge in [-0.1, -0.05) is 0 Å². The summed E-state index contributed by atoms with van der Waals surface area (Å²) in [4.78, 5) is 38.0. The molecule has 0 aliphatic heterocycles. The molecule has 3 heterocycles. The number of carboxylic acids is 1. The van der Waals surface area contributed by atoms with E-state index in [0.29, 0.717) is 15.8 Å². The minimum Gasteiger partial charge on any atom is -0.477 e. The summed E-state index contributed by atoms with van der Waals surface area (Å²) in [6, 6.07) is 3.28. The molecule has 3 rings (SSSR count). The molecule has 0 amide bonds. The van der Waals surface area contributed by atoms with E-state index in [1.807, 2.05) is 0 Å². The van der Waals surface area contributed by atoms with Crippen LogP contribution in [0.15, 0.2) is 32.5 Å². The topological polar surface area (TPSA) is 92.2 Å². The number of aromatic nitrogens is 2. The Kier molecular flexibility index (Phi) is 3.03. The number of carbonyl (C=O) groups is 1. The Hall–Kier alpha value is -2.19. The predicted octanol–water partition coefficient (Wildman–Crippen LogP) is 1.56. The zero-order valence-corrected chi connectivity index (χ0v) is 11.6. The van der Waals surface area contributed by atoms with Gasteiger partial charge in [0.1, 0.15) is 9.58 Å². The molecule has 20 heavy (non-hydrogen) atoms. The minimum absolute atomic E-state index is 0.0485. The average molecular weight is 308 g/mol. The van der Waals surface area contributed by atoms with Gasteiger partial charge in [-0.2, -0.15) is 0 Å². The van der Waals surface area contributed by atoms with Crippen LogP contribution < -0.4 is 11.2 Å². The average Bonchev–Trinajstić information content (AvgIpc) is 3.02. The summed E-state index contributed by atoms with van der Waals surface area (Å²) in [6.07, 6.45) is 0. The first-order valence-electron chi connectivity index (χ1n) is 5.58. The molecule has 2 N–H and O–H groups in total. The normalized spacial score (nSPS) is 11.0. The highest BCUT2D eigenvalue weighted by Crippen LogP contribution is 2.18. The lowest BCUT2D eigenvalue weighted by Crippen LogP contribution is -2.35. The van der Waals surface area contributed by atoms with E-state index in [-0.39, 0.29) is 11.4 Å². The Labute approximate surface area is 119 Å². The van der Waals surface area contributed by atoms with Crippen molar-refractivity contribution in [2.24, 2.45) is 0 Å². The van der Waals surface area contributed by atoms with Crippen molar-refractivity contribution in [2.75, 3.05) is 0 Å². The third kappa shape index (κ3) is 1.98. The largest absolute Gasteiger partial charge is 0.477 e. The Balaban J connectivity index is 2.15. The quantitative estimate of drug-likeness (QED) is 0.768. The Bertz CT molecular complexity index is 915. The molecule has 8 heteroatoms. The van der Waals surface area contributed by atoms with E-state index in [9.17, 15) is 14.4 Å². The Morgan fingerprint density at radius 2 is 2.00 bits per heavy atom. The van der Waals surface area contributed by atoms with E-state index >= 15 is 0 Å². The summed E-state index contributed by atoms with van der Waals surface area (Å²) in [6.45, 7) is -0.0485. The third-order valence-corrected chi connectivity index (χ3v) is 4.71. The van der Waals surface area contributed by atoms with E-state index in [1.54, 1.807) is 22.9 Å². The number of hydrogen-bond donors (Lipinski definition) is 2. The second-order valence-electron chi connectivity index (χ2n) is 4.06. The lowest BCUT2D eigenvalue weighted by atomic mass is 10.2. The minimum atomic E-state index is -1.06. The second-order valence-corrected chi connectivity index (χ2v) is 5.90. The second kappa shape index (κ2) is 4.73. The van der Waals surface area contributed by atoms with Crippen LogP contribution in [0.4, 0.5) is 0 Å². The molecule has 0 radical (unpaired) electrons. The number of carboxylic acid groups (broad SMARTS) is 1. The molecule has 0 aliphatic rings. The molecule has 0 unspecified atom stereocenters. The zero-order valence-electron chi connectivity index (χ0n) is 9.95. The molecule has 6 nitrogen and oxygen atoms in total. The van der Waals surface area contributed by atoms with Crippen LogP contribution in [0, 0.1) is 0 Å². The Morgan fingerprint density at radius 3 is 2.75 bits per heavy atom. The summed E-state index contributed by atoms with van der Waals surface area (Å²) < 4.78 is 1.48. The summed E-state index contributed by atoms with van der Waals surface area (Å²) >= 11 is 2.31. The van der Waals surface area contributed by atoms with Gasteiger partial charge < -0.3 is 10.1 Å². The Morgan fingerprint density at radius 1 is 1.25 bits per heavy atom. The lowest BCUT2D eigenvalue weighted by Gasteiger charge is -2.04. The first-order valence-corrected chi connectivity index (χ1v) is 7.34. The summed E-state index contributed by atoms with van der Waals surface area (Å²) in [5.41, 5.74) is 0.0146. The van der Waals surface area contributed by atoms with Crippen LogP contribution in [0.2, 0.25) is 0 Å². The smallest absolute Gasteiger partial charge is 0.346 e. The van der Waals surface area contributed by atoms with Crippen LogP contribution in [0.5, 0.6) is 0 Å². The van der Waals surface area contributed by atoms with Crippen molar-refractivity contribution in [3.8, 4) is 0 Å². The van der Waals surface area contributed by atoms with Gasteiger partial charge in [0.2, 0.25) is 0 Å². The van der Waals surface area contributed by atoms with Crippen molar-refractivity contribution >= 4 is 38.9 Å². The highest BCUT2D eigenvalue weighted by atomic mass is 32.1. The fourth-order valence-corrected chi connectivity index (χ4v) is 3.48. The number of H-pyrrole nitrogens is 1. The standard InChI is InChI=1S/C12H8N2O4S2/c15-10-9-7(2-4-20-9)13-12(18)14(10)5-6-1-3-19-8(6)11(16)17/h1-4H,5H2,(H,13,18)(H,16,17). The van der Waals surface area contributed by atoms with E-state index in [0.717, 1.165) is 15.9 Å². The van der Waals surface area contributed by atoms with Gasteiger partial charge in [0.15, 0.2) is 0 Å². The molecule has 0 atom stereocenters. The number of nitrogens with zero attached hydrogens (tertiary/aromatic N) is 1. The maximum Gasteiger partial charge on any atom is 0.346 e. The fraction of sp³-hybridized carbons (Fsp3) is 0.0833. The maximum absolute atomic E-state index is 12.2. The van der Waals surface area contributed by atoms with E-state index in [4.69, 9.17) is 5.11 Å². The summed E-state index contributed by atoms with van der Waals surface area (Å²) in [7, 11) is 0. The number of aromatic amines is 1. The van der Waals surface area contributed by atoms with E-state index in [1.165, 1.54) is 11.3 Å². The summed E-state index contributed by atoms with van der Waals surface area (Å²) in [5, 5.41) is 12.4. The number of nitrogens with one attached hydrogen (secondary N) is 1. The van der Waals surface area contributed by atoms with Crippen LogP contribution in [0.3, 0.4) is 0 Å². The third-order valence-electron chi connectivity index (χ3n) is 2.86. The molecule has 0 saturated heterocycles. The van der Waals surface area contributed by atoms with E-state index < -0.39 is 17.2 Å². The molecule has 3 aromatic heterocycles. The van der Waals surface area contributed by atoms with Gasteiger partial charge in [-0.05, 0) is 28.5 Å². The van der Waals surface area contributed by atoms with Crippen molar-refractivity contribution < 1.29 is 9.90 Å². The van der Waals surface area contributed by atoms with Gasteiger partial charge in [0.05, 0.1) is 12.1 Å². The summed E-state index contributed by atoms with van der Waals surface area (Å²) in [5.74, 6) is -1.06. The number of hydrogen-bond acceptors (Lipinski definition) is 5. The van der Waals surface area contributed by atoms with E-state index in [2.05, 4.69) is 4.98 Å². The van der Waals surface area contributed by atoms with Gasteiger partial charge in [0.25, 0.3) is 5.56 Å². The molecule has 0 fully saturated rings. The fourth-order valence-electron chi connectivity index (χ4n) is 1.93. The van der Waals surface area contributed by atoms with Crippen molar-refractivity contribution in [3.05, 3.63) is 54.2 Å². The van der Waals surface area contributed by atoms with Gasteiger partial charge in [-0.3, -0.25) is 9.36 Å². The van der Waals surface area contributed by atoms with Gasteiger partial charge >= 0.3 is 11.7 Å². The maximum atomic E-state index is 12.2. The molecule has 0 spiro atoms. The molecular weight excluding hydrogens is 300 g/mol. The first kappa shape index (κ1) is 12.8. The number of aromatic carboxylic acids is 1. The van der Waals surface area contributed by atoms with Gasteiger partial charge in [-0.25, -0.2) is 9.59 Å².